The fraction of sp³-hybridized carbons (Fsp3) is 0.222. The summed E-state index contributed by atoms with van der Waals surface area (Å²) in [6.07, 6.45) is -4.47. The number of hydrogen-bond acceptors (Lipinski definition) is 5. The molecule has 0 radical (unpaired) electrons. The number of anilines is 1. The summed E-state index contributed by atoms with van der Waals surface area (Å²) in [5.41, 5.74) is 2.02. The number of alkyl halides is 3. The number of hydrogen-bond donors (Lipinski definition) is 1. The second-order valence-electron chi connectivity index (χ2n) is 6.08. The summed E-state index contributed by atoms with van der Waals surface area (Å²) in [7, 11) is 0. The number of halogens is 3. The van der Waals surface area contributed by atoms with Crippen LogP contribution in [0, 0.1) is 13.8 Å². The molecular weight excluding hydrogens is 391 g/mol. The topological polar surface area (TPSA) is 72.7 Å². The Labute approximate surface area is 163 Å². The number of nitrogens with one attached hydrogen (secondary N) is 1. The molecule has 0 aliphatic heterocycles. The molecule has 3 rings (SSSR count). The lowest BCUT2D eigenvalue weighted by Crippen LogP contribution is -2.15. The van der Waals surface area contributed by atoms with Crippen molar-refractivity contribution in [2.24, 2.45) is 0 Å². The van der Waals surface area contributed by atoms with Crippen LogP contribution < -0.4 is 5.32 Å². The molecule has 1 aromatic heterocycles. The Balaban J connectivity index is 1.71. The van der Waals surface area contributed by atoms with Gasteiger partial charge in [-0.1, -0.05) is 30.0 Å². The van der Waals surface area contributed by atoms with E-state index in [2.05, 4.69) is 20.8 Å². The average Bonchev–Trinajstić information content (AvgIpc) is 3.11. The van der Waals surface area contributed by atoms with Gasteiger partial charge in [0.05, 0.1) is 17.0 Å². The molecule has 10 heteroatoms. The van der Waals surface area contributed by atoms with Crippen molar-refractivity contribution in [3.63, 3.8) is 0 Å². The molecule has 1 amide bonds. The van der Waals surface area contributed by atoms with E-state index in [9.17, 15) is 18.0 Å². The first kappa shape index (κ1) is 19.9. The summed E-state index contributed by atoms with van der Waals surface area (Å²) in [5, 5.41) is 14.1. The van der Waals surface area contributed by atoms with E-state index in [1.54, 1.807) is 0 Å². The quantitative estimate of drug-likeness (QED) is 0.647. The lowest BCUT2D eigenvalue weighted by Gasteiger charge is -2.10. The molecule has 146 valence electrons. The Kier molecular flexibility index (Phi) is 5.68. The van der Waals surface area contributed by atoms with Crippen molar-refractivity contribution in [1.82, 2.24) is 20.2 Å². The summed E-state index contributed by atoms with van der Waals surface area (Å²) in [6.45, 7) is 3.81. The summed E-state index contributed by atoms with van der Waals surface area (Å²) < 4.78 is 39.9. The molecule has 2 aromatic carbocycles. The Bertz CT molecular complexity index is 1000. The number of amides is 1. The van der Waals surface area contributed by atoms with Crippen LogP contribution in [0.25, 0.3) is 5.69 Å². The van der Waals surface area contributed by atoms with E-state index in [4.69, 9.17) is 0 Å². The van der Waals surface area contributed by atoms with Crippen LogP contribution >= 0.6 is 11.8 Å². The van der Waals surface area contributed by atoms with Crippen molar-refractivity contribution < 1.29 is 18.0 Å². The smallest absolute Gasteiger partial charge is 0.325 e. The minimum atomic E-state index is -4.47. The standard InChI is InChI=1S/C18H16F3N5OS/c1-11-6-7-12(2)15(8-11)22-16(27)10-28-17-23-24-25-26(17)14-5-3-4-13(9-14)18(19,20)21/h3-9H,10H2,1-2H3,(H,22,27). The zero-order chi connectivity index (χ0) is 20.3. The third-order valence-corrected chi connectivity index (χ3v) is 4.78. The fourth-order valence-electron chi connectivity index (χ4n) is 2.43. The second kappa shape index (κ2) is 8.01. The number of benzene rings is 2. The molecule has 0 fully saturated rings. The fourth-order valence-corrected chi connectivity index (χ4v) is 3.12. The van der Waals surface area contributed by atoms with Crippen LogP contribution in [0.2, 0.25) is 0 Å². The molecule has 3 aromatic rings. The Morgan fingerprint density at radius 1 is 1.18 bits per heavy atom. The highest BCUT2D eigenvalue weighted by Gasteiger charge is 2.30. The summed E-state index contributed by atoms with van der Waals surface area (Å²) in [6, 6.07) is 10.4. The zero-order valence-corrected chi connectivity index (χ0v) is 15.8. The number of aryl methyl sites for hydroxylation is 2. The second-order valence-corrected chi connectivity index (χ2v) is 7.02. The van der Waals surface area contributed by atoms with Gasteiger partial charge in [0.25, 0.3) is 0 Å². The lowest BCUT2D eigenvalue weighted by atomic mass is 10.1. The highest BCUT2D eigenvalue weighted by Crippen LogP contribution is 2.30. The Morgan fingerprint density at radius 3 is 2.71 bits per heavy atom. The Morgan fingerprint density at radius 2 is 1.96 bits per heavy atom. The average molecular weight is 407 g/mol. The number of carbonyl (C=O) groups is 1. The van der Waals surface area contributed by atoms with Crippen molar-refractivity contribution in [3.8, 4) is 5.69 Å². The van der Waals surface area contributed by atoms with Crippen LogP contribution in [0.15, 0.2) is 47.6 Å². The first-order chi connectivity index (χ1) is 13.2. The molecule has 1 heterocycles. The maximum absolute atomic E-state index is 12.9. The van der Waals surface area contributed by atoms with Crippen LogP contribution in [0.1, 0.15) is 16.7 Å². The molecule has 6 nitrogen and oxygen atoms in total. The zero-order valence-electron chi connectivity index (χ0n) is 15.0. The van der Waals surface area contributed by atoms with Crippen LogP contribution in [0.3, 0.4) is 0 Å². The highest BCUT2D eigenvalue weighted by atomic mass is 32.2. The van der Waals surface area contributed by atoms with Gasteiger partial charge < -0.3 is 5.32 Å². The monoisotopic (exact) mass is 407 g/mol. The maximum Gasteiger partial charge on any atom is 0.416 e. The van der Waals surface area contributed by atoms with Crippen LogP contribution in [0.5, 0.6) is 0 Å². The Hall–Kier alpha value is -2.88. The number of carbonyl (C=O) groups excluding carboxylic acids is 1. The van der Waals surface area contributed by atoms with Crippen LogP contribution in [-0.4, -0.2) is 31.9 Å². The van der Waals surface area contributed by atoms with Gasteiger partial charge in [0, 0.05) is 5.69 Å². The predicted octanol–water partition coefficient (Wildman–Crippen LogP) is 4.03. The van der Waals surface area contributed by atoms with Crippen molar-refractivity contribution in [2.75, 3.05) is 11.1 Å². The molecule has 0 aliphatic carbocycles. The van der Waals surface area contributed by atoms with E-state index in [1.807, 2.05) is 32.0 Å². The van der Waals surface area contributed by atoms with Gasteiger partial charge in [0.15, 0.2) is 0 Å². The van der Waals surface area contributed by atoms with Crippen molar-refractivity contribution in [3.05, 3.63) is 59.2 Å². The third-order valence-electron chi connectivity index (χ3n) is 3.86. The van der Waals surface area contributed by atoms with Gasteiger partial charge in [-0.15, -0.1) is 5.10 Å². The first-order valence-corrected chi connectivity index (χ1v) is 9.18. The number of aromatic nitrogens is 4. The van der Waals surface area contributed by atoms with Gasteiger partial charge in [-0.25, -0.2) is 0 Å². The van der Waals surface area contributed by atoms with Crippen molar-refractivity contribution in [2.45, 2.75) is 25.2 Å². The van der Waals surface area contributed by atoms with Crippen LogP contribution in [0.4, 0.5) is 18.9 Å². The van der Waals surface area contributed by atoms with E-state index in [0.717, 1.165) is 35.0 Å². The minimum absolute atomic E-state index is 0.00666. The number of thioether (sulfide) groups is 1. The van der Waals surface area contributed by atoms with Crippen LogP contribution in [-0.2, 0) is 11.0 Å². The lowest BCUT2D eigenvalue weighted by molar-refractivity contribution is -0.137. The molecule has 0 unspecified atom stereocenters. The number of nitrogens with zero attached hydrogens (tertiary/aromatic N) is 4. The molecular formula is C18H16F3N5OS. The van der Waals surface area contributed by atoms with Gasteiger partial charge in [0.2, 0.25) is 11.1 Å². The van der Waals surface area contributed by atoms with Gasteiger partial charge >= 0.3 is 6.18 Å². The third kappa shape index (κ3) is 4.69. The SMILES string of the molecule is Cc1ccc(C)c(NC(=O)CSc2nnnn2-c2cccc(C(F)(F)F)c2)c1. The maximum atomic E-state index is 12.9. The molecule has 0 saturated heterocycles. The number of tetrazole rings is 1. The van der Waals surface area contributed by atoms with Gasteiger partial charge in [0.1, 0.15) is 0 Å². The molecule has 0 bridgehead atoms. The largest absolute Gasteiger partial charge is 0.416 e. The van der Waals surface area contributed by atoms with E-state index in [1.165, 1.54) is 16.8 Å². The normalized spacial score (nSPS) is 11.5. The highest BCUT2D eigenvalue weighted by molar-refractivity contribution is 7.99. The van der Waals surface area contributed by atoms with Gasteiger partial charge in [-0.2, -0.15) is 17.9 Å². The molecule has 0 spiro atoms. The van der Waals surface area contributed by atoms with Gasteiger partial charge in [-0.3, -0.25) is 4.79 Å². The van der Waals surface area contributed by atoms with Gasteiger partial charge in [-0.05, 0) is 59.7 Å². The predicted molar refractivity (Wildman–Crippen MR) is 99.4 cm³/mol. The summed E-state index contributed by atoms with van der Waals surface area (Å²) >= 11 is 1.03. The molecule has 0 aliphatic rings. The minimum Gasteiger partial charge on any atom is -0.325 e. The van der Waals surface area contributed by atoms with E-state index in [-0.39, 0.29) is 22.5 Å². The van der Waals surface area contributed by atoms with E-state index >= 15 is 0 Å². The molecule has 28 heavy (non-hydrogen) atoms. The van der Waals surface area contributed by atoms with E-state index in [0.29, 0.717) is 5.69 Å². The molecule has 0 atom stereocenters. The number of rotatable bonds is 5. The van der Waals surface area contributed by atoms with Crippen molar-refractivity contribution in [1.29, 1.82) is 0 Å². The molecule has 0 saturated carbocycles. The summed E-state index contributed by atoms with van der Waals surface area (Å²) in [4.78, 5) is 12.2. The van der Waals surface area contributed by atoms with Crippen molar-refractivity contribution >= 4 is 23.4 Å². The summed E-state index contributed by atoms with van der Waals surface area (Å²) in [5.74, 6) is -0.260. The van der Waals surface area contributed by atoms with E-state index < -0.39 is 11.7 Å². The first-order valence-electron chi connectivity index (χ1n) is 8.20. The molecule has 1 N–H and O–H groups in total.